The first kappa shape index (κ1) is 11.5. The molecule has 0 bridgehead atoms. The quantitative estimate of drug-likeness (QED) is 0.740. The minimum atomic E-state index is 0.241. The molecule has 0 aromatic heterocycles. The number of piperidine rings is 1. The Morgan fingerprint density at radius 1 is 1.50 bits per heavy atom. The van der Waals surface area contributed by atoms with Crippen LogP contribution in [0, 0.1) is 5.92 Å². The highest BCUT2D eigenvalue weighted by Gasteiger charge is 2.21. The van der Waals surface area contributed by atoms with Crippen LogP contribution >= 0.6 is 0 Å². The third kappa shape index (κ3) is 3.29. The Labute approximate surface area is 86.9 Å². The molecule has 82 valence electrons. The van der Waals surface area contributed by atoms with Gasteiger partial charge in [0.05, 0.1) is 0 Å². The lowest BCUT2D eigenvalue weighted by molar-refractivity contribution is -0.129. The van der Waals surface area contributed by atoms with E-state index in [1.807, 2.05) is 14.1 Å². The van der Waals surface area contributed by atoms with Gasteiger partial charge >= 0.3 is 0 Å². The number of nitrogens with zero attached hydrogens (tertiary/aromatic N) is 1. The number of carbonyl (C=O) groups is 1. The number of carbonyl (C=O) groups excluding carboxylic acids is 1. The maximum atomic E-state index is 11.5. The molecule has 1 heterocycles. The Morgan fingerprint density at radius 2 is 2.21 bits per heavy atom. The molecule has 3 heteroatoms. The van der Waals surface area contributed by atoms with Gasteiger partial charge in [-0.15, -0.1) is 0 Å². The summed E-state index contributed by atoms with van der Waals surface area (Å²) in [6.07, 6.45) is 4.48. The molecule has 3 nitrogen and oxygen atoms in total. The third-order valence-electron chi connectivity index (χ3n) is 3.03. The van der Waals surface area contributed by atoms with Crippen LogP contribution in [-0.2, 0) is 4.79 Å². The van der Waals surface area contributed by atoms with Crippen LogP contribution in [0.15, 0.2) is 0 Å². The molecule has 0 saturated carbocycles. The van der Waals surface area contributed by atoms with Crippen molar-refractivity contribution < 1.29 is 4.79 Å². The van der Waals surface area contributed by atoms with E-state index in [0.717, 1.165) is 6.54 Å². The summed E-state index contributed by atoms with van der Waals surface area (Å²) >= 11 is 0. The van der Waals surface area contributed by atoms with Crippen LogP contribution in [0.1, 0.15) is 32.6 Å². The molecule has 2 atom stereocenters. The Bertz CT molecular complexity index is 186. The van der Waals surface area contributed by atoms with Gasteiger partial charge in [0.1, 0.15) is 0 Å². The van der Waals surface area contributed by atoms with E-state index in [-0.39, 0.29) is 5.91 Å². The van der Waals surface area contributed by atoms with Crippen LogP contribution in [-0.4, -0.2) is 37.5 Å². The van der Waals surface area contributed by atoms with E-state index in [0.29, 0.717) is 18.4 Å². The highest BCUT2D eigenvalue weighted by Crippen LogP contribution is 2.18. The maximum absolute atomic E-state index is 11.5. The normalized spacial score (nSPS) is 24.4. The Kier molecular flexibility index (Phi) is 4.39. The Hall–Kier alpha value is -0.570. The van der Waals surface area contributed by atoms with Gasteiger partial charge in [0.2, 0.25) is 5.91 Å². The predicted octanol–water partition coefficient (Wildman–Crippen LogP) is 1.24. The Morgan fingerprint density at radius 3 is 2.71 bits per heavy atom. The fourth-order valence-corrected chi connectivity index (χ4v) is 1.96. The van der Waals surface area contributed by atoms with Crippen LogP contribution in [0.2, 0.25) is 0 Å². The molecule has 0 spiro atoms. The third-order valence-corrected chi connectivity index (χ3v) is 3.03. The number of amides is 1. The van der Waals surface area contributed by atoms with Crippen molar-refractivity contribution in [2.75, 3.05) is 20.6 Å². The SMILES string of the molecule is CC(CC(=O)N(C)C)C1CCCCN1. The van der Waals surface area contributed by atoms with Crippen molar-refractivity contribution in [2.45, 2.75) is 38.6 Å². The number of rotatable bonds is 3. The zero-order valence-electron chi connectivity index (χ0n) is 9.55. The minimum absolute atomic E-state index is 0.241. The zero-order valence-corrected chi connectivity index (χ0v) is 9.55. The van der Waals surface area contributed by atoms with E-state index in [1.54, 1.807) is 4.90 Å². The van der Waals surface area contributed by atoms with Crippen LogP contribution in [0.5, 0.6) is 0 Å². The first-order valence-corrected chi connectivity index (χ1v) is 5.55. The van der Waals surface area contributed by atoms with Crippen LogP contribution < -0.4 is 5.32 Å². The summed E-state index contributed by atoms with van der Waals surface area (Å²) in [4.78, 5) is 13.2. The first-order chi connectivity index (χ1) is 6.61. The number of hydrogen-bond acceptors (Lipinski definition) is 2. The molecule has 1 amide bonds. The molecule has 1 N–H and O–H groups in total. The highest BCUT2D eigenvalue weighted by molar-refractivity contribution is 5.75. The predicted molar refractivity (Wildman–Crippen MR) is 58.1 cm³/mol. The fraction of sp³-hybridized carbons (Fsp3) is 0.909. The number of nitrogens with one attached hydrogen (secondary N) is 1. The molecular weight excluding hydrogens is 176 g/mol. The van der Waals surface area contributed by atoms with Gasteiger partial charge in [-0.05, 0) is 25.3 Å². The van der Waals surface area contributed by atoms with Crippen molar-refractivity contribution in [3.8, 4) is 0 Å². The van der Waals surface area contributed by atoms with Gasteiger partial charge in [0, 0.05) is 26.6 Å². The van der Waals surface area contributed by atoms with Gasteiger partial charge in [0.15, 0.2) is 0 Å². The molecule has 0 aliphatic carbocycles. The van der Waals surface area contributed by atoms with Crippen molar-refractivity contribution >= 4 is 5.91 Å². The van der Waals surface area contributed by atoms with Gasteiger partial charge in [-0.1, -0.05) is 13.3 Å². The van der Waals surface area contributed by atoms with Gasteiger partial charge in [0.25, 0.3) is 0 Å². The molecule has 0 radical (unpaired) electrons. The minimum Gasteiger partial charge on any atom is -0.349 e. The van der Waals surface area contributed by atoms with Gasteiger partial charge < -0.3 is 10.2 Å². The molecule has 0 aromatic rings. The topological polar surface area (TPSA) is 32.3 Å². The summed E-state index contributed by atoms with van der Waals surface area (Å²) in [7, 11) is 3.65. The molecule has 1 fully saturated rings. The highest BCUT2D eigenvalue weighted by atomic mass is 16.2. The maximum Gasteiger partial charge on any atom is 0.222 e. The molecule has 2 unspecified atom stereocenters. The van der Waals surface area contributed by atoms with E-state index in [4.69, 9.17) is 0 Å². The molecule has 1 rings (SSSR count). The van der Waals surface area contributed by atoms with Crippen molar-refractivity contribution in [3.05, 3.63) is 0 Å². The second-order valence-corrected chi connectivity index (χ2v) is 4.53. The molecule has 1 saturated heterocycles. The largest absolute Gasteiger partial charge is 0.349 e. The lowest BCUT2D eigenvalue weighted by Crippen LogP contribution is -2.40. The summed E-state index contributed by atoms with van der Waals surface area (Å²) in [5, 5.41) is 3.49. The zero-order chi connectivity index (χ0) is 10.6. The van der Waals surface area contributed by atoms with E-state index < -0.39 is 0 Å². The van der Waals surface area contributed by atoms with E-state index in [2.05, 4.69) is 12.2 Å². The smallest absolute Gasteiger partial charge is 0.222 e. The standard InChI is InChI=1S/C11H22N2O/c1-9(8-11(14)13(2)3)10-6-4-5-7-12-10/h9-10,12H,4-8H2,1-3H3. The van der Waals surface area contributed by atoms with Crippen molar-refractivity contribution in [3.63, 3.8) is 0 Å². The molecule has 14 heavy (non-hydrogen) atoms. The van der Waals surface area contributed by atoms with Gasteiger partial charge in [-0.3, -0.25) is 4.79 Å². The fourth-order valence-electron chi connectivity index (χ4n) is 1.96. The van der Waals surface area contributed by atoms with Crippen molar-refractivity contribution in [1.82, 2.24) is 10.2 Å². The van der Waals surface area contributed by atoms with E-state index in [9.17, 15) is 4.79 Å². The van der Waals surface area contributed by atoms with Gasteiger partial charge in [-0.25, -0.2) is 0 Å². The first-order valence-electron chi connectivity index (χ1n) is 5.55. The van der Waals surface area contributed by atoms with Crippen LogP contribution in [0.3, 0.4) is 0 Å². The number of hydrogen-bond donors (Lipinski definition) is 1. The summed E-state index contributed by atoms with van der Waals surface area (Å²) < 4.78 is 0. The average molecular weight is 198 g/mol. The molecule has 1 aliphatic heterocycles. The lowest BCUT2D eigenvalue weighted by Gasteiger charge is -2.29. The summed E-state index contributed by atoms with van der Waals surface area (Å²) in [6, 6.07) is 0.549. The van der Waals surface area contributed by atoms with Crippen LogP contribution in [0.4, 0.5) is 0 Å². The summed E-state index contributed by atoms with van der Waals surface area (Å²) in [5.41, 5.74) is 0. The molecule has 0 aromatic carbocycles. The summed E-state index contributed by atoms with van der Waals surface area (Å²) in [6.45, 7) is 3.29. The average Bonchev–Trinajstić information content (AvgIpc) is 2.19. The second-order valence-electron chi connectivity index (χ2n) is 4.53. The van der Waals surface area contributed by atoms with E-state index in [1.165, 1.54) is 19.3 Å². The monoisotopic (exact) mass is 198 g/mol. The van der Waals surface area contributed by atoms with E-state index >= 15 is 0 Å². The van der Waals surface area contributed by atoms with Gasteiger partial charge in [-0.2, -0.15) is 0 Å². The lowest BCUT2D eigenvalue weighted by atomic mass is 9.91. The van der Waals surface area contributed by atoms with Crippen molar-refractivity contribution in [1.29, 1.82) is 0 Å². The Balaban J connectivity index is 2.32. The second kappa shape index (κ2) is 5.35. The molecule has 1 aliphatic rings. The summed E-state index contributed by atoms with van der Waals surface area (Å²) in [5.74, 6) is 0.704. The van der Waals surface area contributed by atoms with Crippen molar-refractivity contribution in [2.24, 2.45) is 5.92 Å². The van der Waals surface area contributed by atoms with Crippen LogP contribution in [0.25, 0.3) is 0 Å². The molecular formula is C11H22N2O.